The summed E-state index contributed by atoms with van der Waals surface area (Å²) in [5.41, 5.74) is 0. The lowest BCUT2D eigenvalue weighted by molar-refractivity contribution is -0.128. The Kier molecular flexibility index (Phi) is 3.67. The highest BCUT2D eigenvalue weighted by Gasteiger charge is 2.32. The predicted octanol–water partition coefficient (Wildman–Crippen LogP) is 1.53. The first-order valence-corrected chi connectivity index (χ1v) is 6.69. The number of hydrogen-bond acceptors (Lipinski definition) is 2. The molecule has 0 spiro atoms. The topological polar surface area (TPSA) is 40.5 Å². The summed E-state index contributed by atoms with van der Waals surface area (Å²) < 4.78 is 0. The second-order valence-electron chi connectivity index (χ2n) is 4.73. The number of carbonyl (C=O) groups excluding carboxylic acids is 1. The Hall–Kier alpha value is -0.0900. The molecule has 2 rings (SSSR count). The maximum Gasteiger partial charge on any atom is 0.236 e. The quantitative estimate of drug-likeness (QED) is 0.777. The number of amides is 1. The van der Waals surface area contributed by atoms with Crippen LogP contribution in [0.5, 0.6) is 0 Å². The Morgan fingerprint density at radius 1 is 1.40 bits per heavy atom. The second-order valence-corrected chi connectivity index (χ2v) is 5.83. The van der Waals surface area contributed by atoms with Crippen molar-refractivity contribution < 1.29 is 9.90 Å². The molecule has 2 aliphatic rings. The fraction of sp³-hybridized carbons (Fsp3) is 0.909. The summed E-state index contributed by atoms with van der Waals surface area (Å²) in [6.45, 7) is 1.72. The molecule has 1 aliphatic carbocycles. The molecule has 1 saturated heterocycles. The summed E-state index contributed by atoms with van der Waals surface area (Å²) in [6, 6.07) is 0. The number of likely N-dealkylation sites (tertiary alicyclic amines) is 1. The first-order chi connectivity index (χ1) is 7.16. The lowest BCUT2D eigenvalue weighted by Gasteiger charge is -2.29. The number of nitrogens with zero attached hydrogens (tertiary/aromatic N) is 1. The van der Waals surface area contributed by atoms with Gasteiger partial charge in [-0.25, -0.2) is 0 Å². The molecule has 3 atom stereocenters. The average Bonchev–Trinajstić information content (AvgIpc) is 2.50. The third-order valence-corrected chi connectivity index (χ3v) is 4.32. The molecular formula is C11H18BrNO2. The molecule has 1 heterocycles. The van der Waals surface area contributed by atoms with E-state index in [9.17, 15) is 9.90 Å². The zero-order chi connectivity index (χ0) is 10.8. The van der Waals surface area contributed by atoms with E-state index < -0.39 is 0 Å². The maximum atomic E-state index is 11.7. The van der Waals surface area contributed by atoms with Gasteiger partial charge in [0.15, 0.2) is 0 Å². The van der Waals surface area contributed by atoms with Gasteiger partial charge in [0.05, 0.1) is 10.9 Å². The summed E-state index contributed by atoms with van der Waals surface area (Å²) in [4.78, 5) is 13.7. The van der Waals surface area contributed by atoms with Crippen LogP contribution >= 0.6 is 15.9 Å². The van der Waals surface area contributed by atoms with Crippen LogP contribution in [0.25, 0.3) is 0 Å². The Morgan fingerprint density at radius 3 is 2.80 bits per heavy atom. The molecule has 0 aromatic rings. The van der Waals surface area contributed by atoms with Crippen LogP contribution in [-0.4, -0.2) is 39.9 Å². The Morgan fingerprint density at radius 2 is 2.20 bits per heavy atom. The molecule has 3 unspecified atom stereocenters. The van der Waals surface area contributed by atoms with Crippen molar-refractivity contribution in [3.63, 3.8) is 0 Å². The van der Waals surface area contributed by atoms with Gasteiger partial charge in [-0.1, -0.05) is 22.4 Å². The van der Waals surface area contributed by atoms with E-state index in [1.807, 2.05) is 4.90 Å². The Balaban J connectivity index is 1.83. The number of carbonyl (C=O) groups is 1. The van der Waals surface area contributed by atoms with Gasteiger partial charge in [0.2, 0.25) is 5.91 Å². The van der Waals surface area contributed by atoms with Crippen LogP contribution < -0.4 is 0 Å². The highest BCUT2D eigenvalue weighted by molar-refractivity contribution is 9.10. The van der Waals surface area contributed by atoms with Crippen LogP contribution in [0.2, 0.25) is 0 Å². The van der Waals surface area contributed by atoms with Crippen molar-refractivity contribution in [2.75, 3.05) is 13.1 Å². The van der Waals surface area contributed by atoms with Crippen LogP contribution in [0, 0.1) is 5.92 Å². The highest BCUT2D eigenvalue weighted by atomic mass is 79.9. The first-order valence-electron chi connectivity index (χ1n) is 5.77. The van der Waals surface area contributed by atoms with Crippen molar-refractivity contribution in [1.29, 1.82) is 0 Å². The van der Waals surface area contributed by atoms with Gasteiger partial charge in [-0.3, -0.25) is 4.79 Å². The van der Waals surface area contributed by atoms with Gasteiger partial charge in [0.25, 0.3) is 0 Å². The zero-order valence-electron chi connectivity index (χ0n) is 8.86. The molecule has 15 heavy (non-hydrogen) atoms. The van der Waals surface area contributed by atoms with Gasteiger partial charge >= 0.3 is 0 Å². The largest absolute Gasteiger partial charge is 0.393 e. The van der Waals surface area contributed by atoms with E-state index in [0.29, 0.717) is 5.92 Å². The summed E-state index contributed by atoms with van der Waals surface area (Å²) in [5, 5.41) is 9.56. The van der Waals surface area contributed by atoms with Gasteiger partial charge in [-0.05, 0) is 31.6 Å². The lowest BCUT2D eigenvalue weighted by Crippen LogP contribution is -2.35. The molecular weight excluding hydrogens is 258 g/mol. The first kappa shape index (κ1) is 11.4. The summed E-state index contributed by atoms with van der Waals surface area (Å²) in [7, 11) is 0. The summed E-state index contributed by atoms with van der Waals surface area (Å²) in [6.07, 6.45) is 4.86. The minimum atomic E-state index is -0.138. The fourth-order valence-corrected chi connectivity index (χ4v) is 3.12. The van der Waals surface area contributed by atoms with Gasteiger partial charge in [-0.2, -0.15) is 0 Å². The van der Waals surface area contributed by atoms with Crippen LogP contribution in [0.4, 0.5) is 0 Å². The van der Waals surface area contributed by atoms with Crippen molar-refractivity contribution in [1.82, 2.24) is 4.90 Å². The lowest BCUT2D eigenvalue weighted by atomic mass is 9.87. The minimum absolute atomic E-state index is 0.0333. The van der Waals surface area contributed by atoms with Gasteiger partial charge < -0.3 is 10.0 Å². The van der Waals surface area contributed by atoms with Gasteiger partial charge in [0, 0.05) is 13.1 Å². The summed E-state index contributed by atoms with van der Waals surface area (Å²) in [5.74, 6) is 0.741. The molecule has 3 nitrogen and oxygen atoms in total. The molecule has 0 aromatic carbocycles. The maximum absolute atomic E-state index is 11.7. The van der Waals surface area contributed by atoms with E-state index in [1.165, 1.54) is 0 Å². The second kappa shape index (κ2) is 4.83. The molecule has 4 heteroatoms. The monoisotopic (exact) mass is 275 g/mol. The van der Waals surface area contributed by atoms with E-state index >= 15 is 0 Å². The number of rotatable bonds is 2. The Bertz CT molecular complexity index is 247. The van der Waals surface area contributed by atoms with Crippen molar-refractivity contribution in [2.24, 2.45) is 5.92 Å². The molecule has 86 valence electrons. The third-order valence-electron chi connectivity index (χ3n) is 3.47. The number of hydrogen-bond donors (Lipinski definition) is 1. The average molecular weight is 276 g/mol. The fourth-order valence-electron chi connectivity index (χ4n) is 2.62. The summed E-state index contributed by atoms with van der Waals surface area (Å²) >= 11 is 3.38. The number of halogens is 1. The van der Waals surface area contributed by atoms with E-state index in [1.54, 1.807) is 0 Å². The van der Waals surface area contributed by atoms with E-state index in [2.05, 4.69) is 15.9 Å². The zero-order valence-corrected chi connectivity index (χ0v) is 10.4. The van der Waals surface area contributed by atoms with Crippen molar-refractivity contribution in [2.45, 2.75) is 43.0 Å². The molecule has 0 aromatic heterocycles. The molecule has 1 saturated carbocycles. The predicted molar refractivity (Wildman–Crippen MR) is 61.9 cm³/mol. The third kappa shape index (κ3) is 2.72. The highest BCUT2D eigenvalue weighted by Crippen LogP contribution is 2.27. The SMILES string of the molecule is O=C1C(Br)CCN1CC1CCCC(O)C1. The smallest absolute Gasteiger partial charge is 0.236 e. The van der Waals surface area contributed by atoms with Crippen LogP contribution in [-0.2, 0) is 4.79 Å². The van der Waals surface area contributed by atoms with Crippen molar-refractivity contribution in [3.8, 4) is 0 Å². The van der Waals surface area contributed by atoms with Crippen molar-refractivity contribution in [3.05, 3.63) is 0 Å². The van der Waals surface area contributed by atoms with E-state index in [-0.39, 0.29) is 16.8 Å². The molecule has 1 N–H and O–H groups in total. The molecule has 1 amide bonds. The minimum Gasteiger partial charge on any atom is -0.393 e. The molecule has 0 radical (unpaired) electrons. The Labute approximate surface area is 99.0 Å². The molecule has 1 aliphatic heterocycles. The number of aliphatic hydroxyl groups is 1. The number of aliphatic hydroxyl groups excluding tert-OH is 1. The van der Waals surface area contributed by atoms with Crippen LogP contribution in [0.15, 0.2) is 0 Å². The normalized spacial score (nSPS) is 37.3. The van der Waals surface area contributed by atoms with Crippen LogP contribution in [0.3, 0.4) is 0 Å². The molecule has 0 bridgehead atoms. The van der Waals surface area contributed by atoms with Crippen LogP contribution in [0.1, 0.15) is 32.1 Å². The van der Waals surface area contributed by atoms with E-state index in [4.69, 9.17) is 0 Å². The standard InChI is InChI=1S/C11H18BrNO2/c12-10-4-5-13(11(10)15)7-8-2-1-3-9(14)6-8/h8-10,14H,1-7H2. The van der Waals surface area contributed by atoms with E-state index in [0.717, 1.165) is 45.2 Å². The number of alkyl halides is 1. The molecule has 2 fully saturated rings. The van der Waals surface area contributed by atoms with Gasteiger partial charge in [0.1, 0.15) is 0 Å². The van der Waals surface area contributed by atoms with Gasteiger partial charge in [-0.15, -0.1) is 0 Å². The van der Waals surface area contributed by atoms with Crippen molar-refractivity contribution >= 4 is 21.8 Å².